The van der Waals surface area contributed by atoms with Gasteiger partial charge >= 0.3 is 0 Å². The Labute approximate surface area is 134 Å². The minimum atomic E-state index is -0.310. The lowest BCUT2D eigenvalue weighted by Gasteiger charge is -2.14. The Morgan fingerprint density at radius 2 is 2.00 bits per heavy atom. The minimum Gasteiger partial charge on any atom is -0.493 e. The molecule has 2 aromatic rings. The fourth-order valence-corrected chi connectivity index (χ4v) is 2.85. The molecule has 1 N–H and O–H groups in total. The number of hydrogen-bond acceptors (Lipinski definition) is 3. The zero-order valence-corrected chi connectivity index (χ0v) is 12.9. The Balaban J connectivity index is 1.48. The standard InChI is InChI=1S/C17H20FN3O2/c18-13-5-7-15(8-6-13)23-12-10-17(22)20-16-9-11-19-21(16)14-3-1-2-4-14/h5-9,11,14H,1-4,10,12H2,(H,20,22). The van der Waals surface area contributed by atoms with Crippen molar-refractivity contribution >= 4 is 11.7 Å². The Kier molecular flexibility index (Phi) is 4.90. The molecule has 23 heavy (non-hydrogen) atoms. The van der Waals surface area contributed by atoms with Crippen LogP contribution >= 0.6 is 0 Å². The third kappa shape index (κ3) is 4.09. The fourth-order valence-electron chi connectivity index (χ4n) is 2.85. The van der Waals surface area contributed by atoms with E-state index < -0.39 is 0 Å². The summed E-state index contributed by atoms with van der Waals surface area (Å²) < 4.78 is 20.1. The van der Waals surface area contributed by atoms with Crippen molar-refractivity contribution < 1.29 is 13.9 Å². The van der Waals surface area contributed by atoms with Gasteiger partial charge in [0, 0.05) is 6.07 Å². The molecule has 0 saturated heterocycles. The van der Waals surface area contributed by atoms with E-state index in [1.54, 1.807) is 18.3 Å². The highest BCUT2D eigenvalue weighted by Crippen LogP contribution is 2.31. The van der Waals surface area contributed by atoms with Gasteiger partial charge in [-0.15, -0.1) is 0 Å². The maximum Gasteiger partial charge on any atom is 0.228 e. The van der Waals surface area contributed by atoms with Gasteiger partial charge in [-0.1, -0.05) is 12.8 Å². The highest BCUT2D eigenvalue weighted by Gasteiger charge is 2.20. The summed E-state index contributed by atoms with van der Waals surface area (Å²) in [6, 6.07) is 7.95. The number of nitrogens with one attached hydrogen (secondary N) is 1. The molecule has 0 atom stereocenters. The van der Waals surface area contributed by atoms with Crippen molar-refractivity contribution in [2.45, 2.75) is 38.1 Å². The second kappa shape index (κ2) is 7.26. The van der Waals surface area contributed by atoms with Gasteiger partial charge in [-0.05, 0) is 37.1 Å². The molecule has 122 valence electrons. The molecule has 1 aromatic heterocycles. The molecule has 1 amide bonds. The van der Waals surface area contributed by atoms with E-state index in [1.165, 1.54) is 25.0 Å². The van der Waals surface area contributed by atoms with E-state index in [9.17, 15) is 9.18 Å². The molecular weight excluding hydrogens is 297 g/mol. The van der Waals surface area contributed by atoms with E-state index in [0.29, 0.717) is 11.8 Å². The molecule has 3 rings (SSSR count). The van der Waals surface area contributed by atoms with Crippen molar-refractivity contribution in [3.63, 3.8) is 0 Å². The van der Waals surface area contributed by atoms with E-state index in [1.807, 2.05) is 10.7 Å². The van der Waals surface area contributed by atoms with Crippen LogP contribution in [0.25, 0.3) is 0 Å². The van der Waals surface area contributed by atoms with E-state index in [4.69, 9.17) is 4.74 Å². The molecule has 0 bridgehead atoms. The van der Waals surface area contributed by atoms with Gasteiger partial charge in [-0.2, -0.15) is 5.10 Å². The van der Waals surface area contributed by atoms with Gasteiger partial charge in [0.2, 0.25) is 5.91 Å². The first-order valence-corrected chi connectivity index (χ1v) is 7.94. The van der Waals surface area contributed by atoms with Crippen molar-refractivity contribution in [2.75, 3.05) is 11.9 Å². The van der Waals surface area contributed by atoms with E-state index in [0.717, 1.165) is 18.7 Å². The van der Waals surface area contributed by atoms with Crippen LogP contribution in [0.15, 0.2) is 36.5 Å². The summed E-state index contributed by atoms with van der Waals surface area (Å²) in [5.41, 5.74) is 0. The zero-order valence-electron chi connectivity index (χ0n) is 12.9. The number of aromatic nitrogens is 2. The highest BCUT2D eigenvalue weighted by molar-refractivity contribution is 5.89. The summed E-state index contributed by atoms with van der Waals surface area (Å²) in [6.07, 6.45) is 6.58. The predicted octanol–water partition coefficient (Wildman–Crippen LogP) is 3.54. The molecule has 0 unspecified atom stereocenters. The van der Waals surface area contributed by atoms with Gasteiger partial charge < -0.3 is 10.1 Å². The smallest absolute Gasteiger partial charge is 0.228 e. The van der Waals surface area contributed by atoms with Gasteiger partial charge in [-0.3, -0.25) is 4.79 Å². The Morgan fingerprint density at radius 3 is 2.74 bits per heavy atom. The van der Waals surface area contributed by atoms with Gasteiger partial charge in [0.1, 0.15) is 17.4 Å². The topological polar surface area (TPSA) is 56.1 Å². The van der Waals surface area contributed by atoms with Crippen molar-refractivity contribution in [1.29, 1.82) is 0 Å². The number of anilines is 1. The molecule has 1 saturated carbocycles. The lowest BCUT2D eigenvalue weighted by molar-refractivity contribution is -0.116. The van der Waals surface area contributed by atoms with Crippen LogP contribution in [0.4, 0.5) is 10.2 Å². The van der Waals surface area contributed by atoms with Gasteiger partial charge in [-0.25, -0.2) is 9.07 Å². The van der Waals surface area contributed by atoms with Crippen molar-refractivity contribution in [3.05, 3.63) is 42.3 Å². The van der Waals surface area contributed by atoms with Crippen LogP contribution in [0, 0.1) is 5.82 Å². The highest BCUT2D eigenvalue weighted by atomic mass is 19.1. The Morgan fingerprint density at radius 1 is 1.26 bits per heavy atom. The Hall–Kier alpha value is -2.37. The molecular formula is C17H20FN3O2. The molecule has 1 aliphatic rings. The summed E-state index contributed by atoms with van der Waals surface area (Å²) in [6.45, 7) is 0.245. The molecule has 1 heterocycles. The van der Waals surface area contributed by atoms with Crippen molar-refractivity contribution in [3.8, 4) is 5.75 Å². The van der Waals surface area contributed by atoms with Gasteiger partial charge in [0.25, 0.3) is 0 Å². The number of carbonyl (C=O) groups is 1. The minimum absolute atomic E-state index is 0.119. The lowest BCUT2D eigenvalue weighted by Crippen LogP contribution is -2.19. The van der Waals surface area contributed by atoms with Crippen LogP contribution < -0.4 is 10.1 Å². The van der Waals surface area contributed by atoms with Crippen LogP contribution in [-0.4, -0.2) is 22.3 Å². The number of benzene rings is 1. The molecule has 1 aliphatic carbocycles. The number of ether oxygens (including phenoxy) is 1. The maximum atomic E-state index is 12.8. The summed E-state index contributed by atoms with van der Waals surface area (Å²) in [5.74, 6) is 0.862. The molecule has 5 nitrogen and oxygen atoms in total. The maximum absolute atomic E-state index is 12.8. The lowest BCUT2D eigenvalue weighted by atomic mass is 10.2. The van der Waals surface area contributed by atoms with Crippen molar-refractivity contribution in [2.24, 2.45) is 0 Å². The molecule has 1 fully saturated rings. The molecule has 6 heteroatoms. The number of hydrogen-bond donors (Lipinski definition) is 1. The molecule has 0 radical (unpaired) electrons. The predicted molar refractivity (Wildman–Crippen MR) is 84.9 cm³/mol. The number of rotatable bonds is 6. The summed E-state index contributed by atoms with van der Waals surface area (Å²) in [4.78, 5) is 12.0. The van der Waals surface area contributed by atoms with Crippen LogP contribution in [0.1, 0.15) is 38.1 Å². The van der Waals surface area contributed by atoms with Crippen LogP contribution in [0.3, 0.4) is 0 Å². The average Bonchev–Trinajstić information content (AvgIpc) is 3.20. The monoisotopic (exact) mass is 317 g/mol. The van der Waals surface area contributed by atoms with Crippen LogP contribution in [0.5, 0.6) is 5.75 Å². The second-order valence-electron chi connectivity index (χ2n) is 5.70. The second-order valence-corrected chi connectivity index (χ2v) is 5.70. The average molecular weight is 317 g/mol. The number of nitrogens with zero attached hydrogens (tertiary/aromatic N) is 2. The van der Waals surface area contributed by atoms with Crippen LogP contribution in [0.2, 0.25) is 0 Å². The summed E-state index contributed by atoms with van der Waals surface area (Å²) >= 11 is 0. The first kappa shape index (κ1) is 15.5. The normalized spacial score (nSPS) is 14.8. The van der Waals surface area contributed by atoms with Gasteiger partial charge in [0.05, 0.1) is 25.3 Å². The summed E-state index contributed by atoms with van der Waals surface area (Å²) in [7, 11) is 0. The first-order valence-electron chi connectivity index (χ1n) is 7.94. The fraction of sp³-hybridized carbons (Fsp3) is 0.412. The number of halogens is 1. The first-order chi connectivity index (χ1) is 11.2. The van der Waals surface area contributed by atoms with E-state index >= 15 is 0 Å². The van der Waals surface area contributed by atoms with Crippen LogP contribution in [-0.2, 0) is 4.79 Å². The third-order valence-corrected chi connectivity index (χ3v) is 4.02. The largest absolute Gasteiger partial charge is 0.493 e. The SMILES string of the molecule is O=C(CCOc1ccc(F)cc1)Nc1ccnn1C1CCCC1. The third-order valence-electron chi connectivity index (χ3n) is 4.02. The van der Waals surface area contributed by atoms with E-state index in [-0.39, 0.29) is 24.8 Å². The summed E-state index contributed by atoms with van der Waals surface area (Å²) in [5, 5.41) is 7.21. The zero-order chi connectivity index (χ0) is 16.1. The molecule has 1 aromatic carbocycles. The van der Waals surface area contributed by atoms with E-state index in [2.05, 4.69) is 10.4 Å². The van der Waals surface area contributed by atoms with Crippen molar-refractivity contribution in [1.82, 2.24) is 9.78 Å². The Bertz CT molecular complexity index is 648. The quantitative estimate of drug-likeness (QED) is 0.886. The number of carbonyl (C=O) groups excluding carboxylic acids is 1. The number of amides is 1. The molecule has 0 aliphatic heterocycles. The van der Waals surface area contributed by atoms with Gasteiger partial charge in [0.15, 0.2) is 0 Å². The molecule has 0 spiro atoms.